The Hall–Kier alpha value is -2.04. The normalized spacial score (nSPS) is 11.6. The van der Waals surface area contributed by atoms with Crippen LogP contribution in [0, 0.1) is 5.92 Å². The van der Waals surface area contributed by atoms with Crippen molar-refractivity contribution < 1.29 is 23.8 Å². The molecule has 20 heavy (non-hydrogen) atoms. The molecule has 0 aliphatic heterocycles. The number of benzene rings is 1. The van der Waals surface area contributed by atoms with Gasteiger partial charge in [0.2, 0.25) is 0 Å². The molecule has 0 heterocycles. The van der Waals surface area contributed by atoms with E-state index in [0.717, 1.165) is 0 Å². The minimum absolute atomic E-state index is 0.0410. The highest BCUT2D eigenvalue weighted by Gasteiger charge is 2.22. The van der Waals surface area contributed by atoms with E-state index < -0.39 is 11.9 Å². The van der Waals surface area contributed by atoms with Crippen molar-refractivity contribution in [1.82, 2.24) is 0 Å². The molecule has 0 saturated carbocycles. The highest BCUT2D eigenvalue weighted by molar-refractivity contribution is 5.81. The van der Waals surface area contributed by atoms with Crippen molar-refractivity contribution in [3.05, 3.63) is 24.3 Å². The van der Waals surface area contributed by atoms with Crippen LogP contribution in [0.4, 0.5) is 0 Å². The summed E-state index contributed by atoms with van der Waals surface area (Å²) >= 11 is 0. The molecule has 1 rings (SSSR count). The molecule has 5 heteroatoms. The van der Waals surface area contributed by atoms with Gasteiger partial charge in [0, 0.05) is 0 Å². The number of rotatable bonds is 7. The molecule has 0 saturated heterocycles. The third kappa shape index (κ3) is 4.91. The molecule has 0 aromatic heterocycles. The molecule has 0 aliphatic rings. The summed E-state index contributed by atoms with van der Waals surface area (Å²) in [5.74, 6) is -0.186. The first-order chi connectivity index (χ1) is 9.60. The molecule has 0 spiro atoms. The lowest BCUT2D eigenvalue weighted by atomic mass is 10.0. The van der Waals surface area contributed by atoms with Crippen molar-refractivity contribution in [2.45, 2.75) is 26.7 Å². The maximum absolute atomic E-state index is 12.0. The molecule has 0 radical (unpaired) electrons. The smallest absolute Gasteiger partial charge is 0.314 e. The average molecular weight is 280 g/mol. The van der Waals surface area contributed by atoms with Gasteiger partial charge in [0.05, 0.1) is 26.1 Å². The zero-order valence-corrected chi connectivity index (χ0v) is 12.0. The van der Waals surface area contributed by atoms with Crippen LogP contribution in [0.3, 0.4) is 0 Å². The Kier molecular flexibility index (Phi) is 6.56. The second kappa shape index (κ2) is 8.19. The fourth-order valence-electron chi connectivity index (χ4n) is 1.66. The van der Waals surface area contributed by atoms with Crippen LogP contribution in [-0.2, 0) is 14.3 Å². The van der Waals surface area contributed by atoms with Crippen LogP contribution in [0.25, 0.3) is 0 Å². The van der Waals surface area contributed by atoms with E-state index in [0.29, 0.717) is 24.5 Å². The lowest BCUT2D eigenvalue weighted by Crippen LogP contribution is -2.23. The zero-order chi connectivity index (χ0) is 15.0. The quantitative estimate of drug-likeness (QED) is 0.567. The predicted molar refractivity (Wildman–Crippen MR) is 73.7 cm³/mol. The summed E-state index contributed by atoms with van der Waals surface area (Å²) in [7, 11) is 1.56. The predicted octanol–water partition coefficient (Wildman–Crippen LogP) is 2.58. The van der Waals surface area contributed by atoms with Crippen LogP contribution in [-0.4, -0.2) is 25.7 Å². The molecule has 0 bridgehead atoms. The van der Waals surface area contributed by atoms with E-state index in [2.05, 4.69) is 0 Å². The van der Waals surface area contributed by atoms with Crippen molar-refractivity contribution in [2.75, 3.05) is 13.7 Å². The fraction of sp³-hybridized carbons (Fsp3) is 0.467. The summed E-state index contributed by atoms with van der Waals surface area (Å²) in [4.78, 5) is 23.4. The van der Waals surface area contributed by atoms with Crippen molar-refractivity contribution in [2.24, 2.45) is 5.92 Å². The molecular formula is C15H20O5. The third-order valence-corrected chi connectivity index (χ3v) is 2.82. The Morgan fingerprint density at radius 2 is 1.70 bits per heavy atom. The van der Waals surface area contributed by atoms with Gasteiger partial charge in [-0.15, -0.1) is 0 Å². The van der Waals surface area contributed by atoms with Crippen LogP contribution >= 0.6 is 0 Å². The maximum atomic E-state index is 12.0. The van der Waals surface area contributed by atoms with E-state index in [1.54, 1.807) is 38.3 Å². The molecule has 1 aromatic carbocycles. The Morgan fingerprint density at radius 1 is 1.10 bits per heavy atom. The highest BCUT2D eigenvalue weighted by Crippen LogP contribution is 2.20. The summed E-state index contributed by atoms with van der Waals surface area (Å²) in [6.07, 6.45) is 0.563. The van der Waals surface area contributed by atoms with Crippen molar-refractivity contribution in [1.29, 1.82) is 0 Å². The van der Waals surface area contributed by atoms with Gasteiger partial charge >= 0.3 is 11.9 Å². The summed E-state index contributed by atoms with van der Waals surface area (Å²) in [6.45, 7) is 3.87. The van der Waals surface area contributed by atoms with Gasteiger partial charge in [0.1, 0.15) is 11.5 Å². The van der Waals surface area contributed by atoms with Gasteiger partial charge in [-0.1, -0.05) is 6.92 Å². The average Bonchev–Trinajstić information content (AvgIpc) is 2.45. The number of carbonyl (C=O) groups excluding carboxylic acids is 2. The molecule has 0 fully saturated rings. The van der Waals surface area contributed by atoms with Gasteiger partial charge in [-0.2, -0.15) is 0 Å². The first-order valence-corrected chi connectivity index (χ1v) is 6.62. The Bertz CT molecular complexity index is 438. The van der Waals surface area contributed by atoms with Crippen LogP contribution in [0.5, 0.6) is 11.5 Å². The fourth-order valence-corrected chi connectivity index (χ4v) is 1.66. The van der Waals surface area contributed by atoms with E-state index >= 15 is 0 Å². The molecule has 0 N–H and O–H groups in total. The lowest BCUT2D eigenvalue weighted by molar-refractivity contribution is -0.150. The number of methoxy groups -OCH3 is 1. The first-order valence-electron chi connectivity index (χ1n) is 6.62. The minimum atomic E-state index is -0.490. The van der Waals surface area contributed by atoms with Crippen molar-refractivity contribution in [3.8, 4) is 11.5 Å². The Morgan fingerprint density at radius 3 is 2.20 bits per heavy atom. The zero-order valence-electron chi connectivity index (χ0n) is 12.0. The standard InChI is InChI=1S/C15H20O5/c1-4-11(10-14(16)19-5-2)15(17)20-13-8-6-12(18-3)7-9-13/h6-9,11H,4-5,10H2,1-3H3. The third-order valence-electron chi connectivity index (χ3n) is 2.82. The van der Waals surface area contributed by atoms with Gasteiger partial charge in [-0.25, -0.2) is 0 Å². The molecular weight excluding hydrogens is 260 g/mol. The molecule has 5 nitrogen and oxygen atoms in total. The van der Waals surface area contributed by atoms with E-state index in [1.807, 2.05) is 6.92 Å². The Balaban J connectivity index is 2.59. The van der Waals surface area contributed by atoms with Crippen LogP contribution < -0.4 is 9.47 Å². The summed E-state index contributed by atoms with van der Waals surface area (Å²) in [5.41, 5.74) is 0. The summed E-state index contributed by atoms with van der Waals surface area (Å²) in [5, 5.41) is 0. The molecule has 0 aliphatic carbocycles. The number of ether oxygens (including phenoxy) is 3. The minimum Gasteiger partial charge on any atom is -0.497 e. The number of hydrogen-bond donors (Lipinski definition) is 0. The molecule has 1 atom stereocenters. The molecule has 0 amide bonds. The second-order valence-electron chi connectivity index (χ2n) is 4.21. The number of hydrogen-bond acceptors (Lipinski definition) is 5. The number of esters is 2. The van der Waals surface area contributed by atoms with Crippen molar-refractivity contribution >= 4 is 11.9 Å². The second-order valence-corrected chi connectivity index (χ2v) is 4.21. The van der Waals surface area contributed by atoms with Gasteiger partial charge in [-0.05, 0) is 37.6 Å². The van der Waals surface area contributed by atoms with Crippen LogP contribution in [0.2, 0.25) is 0 Å². The van der Waals surface area contributed by atoms with Gasteiger partial charge in [0.25, 0.3) is 0 Å². The molecule has 1 unspecified atom stereocenters. The van der Waals surface area contributed by atoms with Crippen LogP contribution in [0.15, 0.2) is 24.3 Å². The van der Waals surface area contributed by atoms with E-state index in [4.69, 9.17) is 14.2 Å². The molecule has 110 valence electrons. The van der Waals surface area contributed by atoms with Gasteiger partial charge in [-0.3, -0.25) is 9.59 Å². The highest BCUT2D eigenvalue weighted by atomic mass is 16.5. The topological polar surface area (TPSA) is 61.8 Å². The number of carbonyl (C=O) groups is 2. The monoisotopic (exact) mass is 280 g/mol. The van der Waals surface area contributed by atoms with Gasteiger partial charge in [0.15, 0.2) is 0 Å². The summed E-state index contributed by atoms with van der Waals surface area (Å²) in [6, 6.07) is 6.70. The van der Waals surface area contributed by atoms with Crippen LogP contribution in [0.1, 0.15) is 26.7 Å². The largest absolute Gasteiger partial charge is 0.497 e. The van der Waals surface area contributed by atoms with E-state index in [9.17, 15) is 9.59 Å². The van der Waals surface area contributed by atoms with Crippen molar-refractivity contribution in [3.63, 3.8) is 0 Å². The van der Waals surface area contributed by atoms with Gasteiger partial charge < -0.3 is 14.2 Å². The Labute approximate surface area is 118 Å². The molecule has 1 aromatic rings. The SMILES string of the molecule is CCOC(=O)CC(CC)C(=O)Oc1ccc(OC)cc1. The maximum Gasteiger partial charge on any atom is 0.314 e. The lowest BCUT2D eigenvalue weighted by Gasteiger charge is -2.13. The van der Waals surface area contributed by atoms with E-state index in [-0.39, 0.29) is 12.4 Å². The summed E-state index contributed by atoms with van der Waals surface area (Å²) < 4.78 is 15.1. The first kappa shape index (κ1) is 16.0. The van der Waals surface area contributed by atoms with E-state index in [1.165, 1.54) is 0 Å².